The molecule has 0 saturated carbocycles. The van der Waals surface area contributed by atoms with E-state index in [1.165, 1.54) is 5.57 Å². The van der Waals surface area contributed by atoms with Crippen LogP contribution in [-0.2, 0) is 11.3 Å². The van der Waals surface area contributed by atoms with Crippen molar-refractivity contribution < 1.29 is 24.3 Å². The van der Waals surface area contributed by atoms with Gasteiger partial charge in [0.05, 0.1) is 12.7 Å². The van der Waals surface area contributed by atoms with Crippen molar-refractivity contribution in [3.63, 3.8) is 0 Å². The molecule has 2 rings (SSSR count). The standard InChI is InChI=1S/C18H25BO5/c1-3-14(10-15-5-6-16(12-21)23-15)4-7-18-17(13(2)11-20)8-9-19(22)24-18/h5-6,8,10,18,20-22H,2-4,7,9,11-12H2,1H3/b14-10+. The lowest BCUT2D eigenvalue weighted by Crippen LogP contribution is -2.32. The van der Waals surface area contributed by atoms with Crippen LogP contribution >= 0.6 is 0 Å². The van der Waals surface area contributed by atoms with E-state index in [0.717, 1.165) is 24.2 Å². The highest BCUT2D eigenvalue weighted by molar-refractivity contribution is 6.43. The van der Waals surface area contributed by atoms with Gasteiger partial charge in [-0.25, -0.2) is 0 Å². The summed E-state index contributed by atoms with van der Waals surface area (Å²) in [7, 11) is -0.809. The maximum Gasteiger partial charge on any atom is 0.458 e. The molecule has 0 fully saturated rings. The van der Waals surface area contributed by atoms with Crippen molar-refractivity contribution in [2.24, 2.45) is 0 Å². The molecule has 6 heteroatoms. The molecule has 5 nitrogen and oxygen atoms in total. The number of hydrogen-bond acceptors (Lipinski definition) is 5. The average molecular weight is 332 g/mol. The van der Waals surface area contributed by atoms with Crippen LogP contribution < -0.4 is 0 Å². The molecular formula is C18H25BO5. The molecule has 0 bridgehead atoms. The molecule has 130 valence electrons. The maximum atomic E-state index is 9.73. The van der Waals surface area contributed by atoms with Gasteiger partial charge in [-0.3, -0.25) is 0 Å². The minimum atomic E-state index is -0.809. The molecule has 1 aromatic rings. The zero-order valence-electron chi connectivity index (χ0n) is 14.1. The Morgan fingerprint density at radius 1 is 1.42 bits per heavy atom. The molecule has 0 aliphatic carbocycles. The van der Waals surface area contributed by atoms with Crippen molar-refractivity contribution in [3.05, 3.63) is 53.0 Å². The molecule has 1 aromatic heterocycles. The molecule has 3 N–H and O–H groups in total. The van der Waals surface area contributed by atoms with Crippen LogP contribution in [0, 0.1) is 0 Å². The van der Waals surface area contributed by atoms with Crippen molar-refractivity contribution in [2.45, 2.75) is 45.2 Å². The first-order valence-electron chi connectivity index (χ1n) is 8.29. The molecule has 2 heterocycles. The predicted molar refractivity (Wildman–Crippen MR) is 94.1 cm³/mol. The second-order valence-corrected chi connectivity index (χ2v) is 5.89. The summed E-state index contributed by atoms with van der Waals surface area (Å²) in [6.45, 7) is 5.71. The highest BCUT2D eigenvalue weighted by Crippen LogP contribution is 2.28. The van der Waals surface area contributed by atoms with Gasteiger partial charge in [0.1, 0.15) is 18.1 Å². The van der Waals surface area contributed by atoms with Crippen LogP contribution in [0.3, 0.4) is 0 Å². The molecule has 1 atom stereocenters. The Morgan fingerprint density at radius 3 is 2.83 bits per heavy atom. The fourth-order valence-corrected chi connectivity index (χ4v) is 2.79. The van der Waals surface area contributed by atoms with Gasteiger partial charge in [-0.2, -0.15) is 0 Å². The summed E-state index contributed by atoms with van der Waals surface area (Å²) in [6, 6.07) is 3.59. The largest absolute Gasteiger partial charge is 0.459 e. The van der Waals surface area contributed by atoms with Crippen molar-refractivity contribution in [2.75, 3.05) is 6.61 Å². The van der Waals surface area contributed by atoms with Crippen LogP contribution in [0.4, 0.5) is 0 Å². The lowest BCUT2D eigenvalue weighted by molar-refractivity contribution is 0.180. The Kier molecular flexibility index (Phi) is 7.06. The fourth-order valence-electron chi connectivity index (χ4n) is 2.79. The van der Waals surface area contributed by atoms with Crippen LogP contribution in [-0.4, -0.2) is 35.1 Å². The summed E-state index contributed by atoms with van der Waals surface area (Å²) in [4.78, 5) is 0. The summed E-state index contributed by atoms with van der Waals surface area (Å²) in [6.07, 6.45) is 6.35. The molecule has 0 aromatic carbocycles. The number of rotatable bonds is 8. The average Bonchev–Trinajstić information content (AvgIpc) is 3.05. The zero-order chi connectivity index (χ0) is 17.5. The Labute approximate surface area is 143 Å². The van der Waals surface area contributed by atoms with Crippen LogP contribution in [0.2, 0.25) is 6.32 Å². The fraction of sp³-hybridized carbons (Fsp3) is 0.444. The molecule has 1 unspecified atom stereocenters. The highest BCUT2D eigenvalue weighted by atomic mass is 16.5. The van der Waals surface area contributed by atoms with Crippen molar-refractivity contribution in [3.8, 4) is 0 Å². The number of furan rings is 1. The molecule has 0 saturated heterocycles. The normalized spacial score (nSPS) is 18.7. The molecule has 1 aliphatic rings. The lowest BCUT2D eigenvalue weighted by Gasteiger charge is -2.28. The van der Waals surface area contributed by atoms with Gasteiger partial charge in [-0.1, -0.05) is 25.2 Å². The van der Waals surface area contributed by atoms with E-state index in [1.807, 2.05) is 18.2 Å². The number of hydrogen-bond donors (Lipinski definition) is 3. The minimum Gasteiger partial charge on any atom is -0.459 e. The molecule has 0 spiro atoms. The molecule has 24 heavy (non-hydrogen) atoms. The molecular weight excluding hydrogens is 307 g/mol. The van der Waals surface area contributed by atoms with Gasteiger partial charge in [0.2, 0.25) is 0 Å². The van der Waals surface area contributed by atoms with Gasteiger partial charge >= 0.3 is 7.12 Å². The Hall–Kier alpha value is -1.60. The topological polar surface area (TPSA) is 83.1 Å². The first-order chi connectivity index (χ1) is 11.6. The highest BCUT2D eigenvalue weighted by Gasteiger charge is 2.27. The Balaban J connectivity index is 2.04. The SMILES string of the molecule is C=C(CO)C1=CCB(O)OC1CC/C(=C/c1ccc(CO)o1)CC. The van der Waals surface area contributed by atoms with E-state index >= 15 is 0 Å². The van der Waals surface area contributed by atoms with Gasteiger partial charge in [-0.15, -0.1) is 0 Å². The maximum absolute atomic E-state index is 9.73. The number of aliphatic hydroxyl groups is 2. The summed E-state index contributed by atoms with van der Waals surface area (Å²) in [5.74, 6) is 1.26. The zero-order valence-corrected chi connectivity index (χ0v) is 14.1. The van der Waals surface area contributed by atoms with Gasteiger partial charge in [-0.05, 0) is 48.6 Å². The number of allylic oxidation sites excluding steroid dienone is 2. The van der Waals surface area contributed by atoms with Crippen LogP contribution in [0.25, 0.3) is 6.08 Å². The van der Waals surface area contributed by atoms with Crippen LogP contribution in [0.5, 0.6) is 0 Å². The summed E-state index contributed by atoms with van der Waals surface area (Å²) < 4.78 is 11.1. The van der Waals surface area contributed by atoms with Crippen LogP contribution in [0.1, 0.15) is 37.7 Å². The van der Waals surface area contributed by atoms with E-state index < -0.39 is 7.12 Å². The second-order valence-electron chi connectivity index (χ2n) is 5.89. The first-order valence-corrected chi connectivity index (χ1v) is 8.29. The smallest absolute Gasteiger partial charge is 0.458 e. The van der Waals surface area contributed by atoms with E-state index in [-0.39, 0.29) is 19.3 Å². The third-order valence-electron chi connectivity index (χ3n) is 4.17. The monoisotopic (exact) mass is 332 g/mol. The quantitative estimate of drug-likeness (QED) is 0.638. The third kappa shape index (κ3) is 4.95. The predicted octanol–water partition coefficient (Wildman–Crippen LogP) is 2.70. The van der Waals surface area contributed by atoms with E-state index in [2.05, 4.69) is 13.5 Å². The lowest BCUT2D eigenvalue weighted by atomic mass is 9.78. The van der Waals surface area contributed by atoms with E-state index in [4.69, 9.17) is 14.2 Å². The molecule has 0 radical (unpaired) electrons. The van der Waals surface area contributed by atoms with E-state index in [9.17, 15) is 10.1 Å². The second kappa shape index (κ2) is 9.04. The summed E-state index contributed by atoms with van der Waals surface area (Å²) >= 11 is 0. The third-order valence-corrected chi connectivity index (χ3v) is 4.17. The van der Waals surface area contributed by atoms with Gasteiger partial charge in [0, 0.05) is 6.32 Å². The Bertz CT molecular complexity index is 617. The number of aliphatic hydroxyl groups excluding tert-OH is 2. The molecule has 0 amide bonds. The molecule has 1 aliphatic heterocycles. The van der Waals surface area contributed by atoms with Crippen molar-refractivity contribution >= 4 is 13.2 Å². The first kappa shape index (κ1) is 18.7. The van der Waals surface area contributed by atoms with E-state index in [0.29, 0.717) is 24.1 Å². The van der Waals surface area contributed by atoms with Crippen molar-refractivity contribution in [1.29, 1.82) is 0 Å². The summed E-state index contributed by atoms with van der Waals surface area (Å²) in [5.41, 5.74) is 2.69. The van der Waals surface area contributed by atoms with Gasteiger partial charge in [0.15, 0.2) is 0 Å². The summed E-state index contributed by atoms with van der Waals surface area (Å²) in [5, 5.41) is 28.1. The van der Waals surface area contributed by atoms with Crippen LogP contribution in [0.15, 0.2) is 45.9 Å². The Morgan fingerprint density at radius 2 is 2.21 bits per heavy atom. The minimum absolute atomic E-state index is 0.111. The van der Waals surface area contributed by atoms with Gasteiger partial charge in [0.25, 0.3) is 0 Å². The van der Waals surface area contributed by atoms with E-state index in [1.54, 1.807) is 6.07 Å². The van der Waals surface area contributed by atoms with Crippen molar-refractivity contribution in [1.82, 2.24) is 0 Å². The van der Waals surface area contributed by atoms with Gasteiger partial charge < -0.3 is 24.3 Å².